The van der Waals surface area contributed by atoms with Crippen molar-refractivity contribution in [3.8, 4) is 5.75 Å². The minimum absolute atomic E-state index is 0.164. The SMILES string of the molecule is O=[N+](O)c1ccc(Sc2ccccc2)cc1O. The fourth-order valence-electron chi connectivity index (χ4n) is 1.35. The summed E-state index contributed by atoms with van der Waals surface area (Å²) in [6.45, 7) is 0. The lowest BCUT2D eigenvalue weighted by Crippen LogP contribution is -1.91. The zero-order chi connectivity index (χ0) is 12.3. The van der Waals surface area contributed by atoms with Crippen LogP contribution in [0, 0.1) is 4.91 Å². The molecule has 0 spiro atoms. The second-order valence-corrected chi connectivity index (χ2v) is 4.49. The van der Waals surface area contributed by atoms with Crippen molar-refractivity contribution >= 4 is 17.4 Å². The molecule has 0 aromatic heterocycles. The van der Waals surface area contributed by atoms with Gasteiger partial charge in [-0.3, -0.25) is 0 Å². The average molecular weight is 248 g/mol. The van der Waals surface area contributed by atoms with Crippen LogP contribution in [0.4, 0.5) is 5.69 Å². The summed E-state index contributed by atoms with van der Waals surface area (Å²) in [4.78, 5) is 12.1. The molecule has 0 heterocycles. The van der Waals surface area contributed by atoms with Gasteiger partial charge in [-0.1, -0.05) is 30.0 Å². The van der Waals surface area contributed by atoms with Gasteiger partial charge in [0.25, 0.3) is 4.92 Å². The van der Waals surface area contributed by atoms with E-state index < -0.39 is 0 Å². The Morgan fingerprint density at radius 2 is 1.71 bits per heavy atom. The average Bonchev–Trinajstić information content (AvgIpc) is 2.30. The molecule has 86 valence electrons. The second kappa shape index (κ2) is 4.88. The molecule has 2 aromatic rings. The fraction of sp³-hybridized carbons (Fsp3) is 0. The molecule has 0 bridgehead atoms. The lowest BCUT2D eigenvalue weighted by atomic mass is 10.3. The first-order chi connectivity index (χ1) is 8.16. The Hall–Kier alpha value is -2.01. The van der Waals surface area contributed by atoms with Crippen LogP contribution in [0.5, 0.6) is 5.75 Å². The van der Waals surface area contributed by atoms with Gasteiger partial charge in [-0.05, 0) is 18.2 Å². The molecule has 0 radical (unpaired) electrons. The van der Waals surface area contributed by atoms with Gasteiger partial charge in [-0.2, -0.15) is 0 Å². The molecule has 0 fully saturated rings. The van der Waals surface area contributed by atoms with Crippen LogP contribution in [0.3, 0.4) is 0 Å². The van der Waals surface area contributed by atoms with E-state index in [-0.39, 0.29) is 16.4 Å². The maximum atomic E-state index is 10.6. The number of phenols is 1. The summed E-state index contributed by atoms with van der Waals surface area (Å²) in [5.74, 6) is -0.247. The van der Waals surface area contributed by atoms with Crippen LogP contribution in [-0.4, -0.2) is 15.2 Å². The Bertz CT molecular complexity index is 543. The van der Waals surface area contributed by atoms with Gasteiger partial charge in [0.15, 0.2) is 5.75 Å². The fourth-order valence-corrected chi connectivity index (χ4v) is 2.23. The van der Waals surface area contributed by atoms with Gasteiger partial charge < -0.3 is 5.11 Å². The summed E-state index contributed by atoms with van der Waals surface area (Å²) in [7, 11) is 0. The summed E-state index contributed by atoms with van der Waals surface area (Å²) in [5, 5.41) is 18.2. The van der Waals surface area contributed by atoms with Crippen LogP contribution in [-0.2, 0) is 0 Å². The van der Waals surface area contributed by atoms with E-state index in [1.165, 1.54) is 23.9 Å². The molecule has 0 saturated carbocycles. The van der Waals surface area contributed by atoms with Crippen LogP contribution < -0.4 is 0 Å². The maximum absolute atomic E-state index is 10.6. The predicted molar refractivity (Wildman–Crippen MR) is 63.7 cm³/mol. The molecule has 0 unspecified atom stereocenters. The third kappa shape index (κ3) is 2.76. The van der Waals surface area contributed by atoms with E-state index in [9.17, 15) is 10.0 Å². The largest absolute Gasteiger partial charge is 0.502 e. The van der Waals surface area contributed by atoms with Crippen molar-refractivity contribution in [2.24, 2.45) is 0 Å². The highest BCUT2D eigenvalue weighted by molar-refractivity contribution is 7.99. The third-order valence-electron chi connectivity index (χ3n) is 2.13. The normalized spacial score (nSPS) is 10.1. The zero-order valence-electron chi connectivity index (χ0n) is 8.78. The van der Waals surface area contributed by atoms with Gasteiger partial charge in [0, 0.05) is 21.9 Å². The van der Waals surface area contributed by atoms with E-state index in [0.29, 0.717) is 0 Å². The Morgan fingerprint density at radius 3 is 2.29 bits per heavy atom. The summed E-state index contributed by atoms with van der Waals surface area (Å²) < 4.78 is 0. The molecule has 2 rings (SSSR count). The molecule has 2 N–H and O–H groups in total. The highest BCUT2D eigenvalue weighted by atomic mass is 32.2. The van der Waals surface area contributed by atoms with Crippen molar-refractivity contribution < 1.29 is 15.2 Å². The summed E-state index contributed by atoms with van der Waals surface area (Å²) in [6.07, 6.45) is 0. The molecule has 0 saturated heterocycles. The number of hydrogen-bond acceptors (Lipinski definition) is 3. The third-order valence-corrected chi connectivity index (χ3v) is 3.13. The highest BCUT2D eigenvalue weighted by Crippen LogP contribution is 2.33. The van der Waals surface area contributed by atoms with Crippen molar-refractivity contribution in [2.75, 3.05) is 0 Å². The molecule has 17 heavy (non-hydrogen) atoms. The Kier molecular flexibility index (Phi) is 3.30. The predicted octanol–water partition coefficient (Wildman–Crippen LogP) is 3.34. The van der Waals surface area contributed by atoms with Crippen LogP contribution in [0.15, 0.2) is 58.3 Å². The monoisotopic (exact) mass is 248 g/mol. The maximum Gasteiger partial charge on any atom is 0.357 e. The second-order valence-electron chi connectivity index (χ2n) is 3.34. The van der Waals surface area contributed by atoms with Crippen molar-refractivity contribution in [1.29, 1.82) is 0 Å². The topological polar surface area (TPSA) is 60.5 Å². The minimum atomic E-state index is -0.355. The van der Waals surface area contributed by atoms with E-state index >= 15 is 0 Å². The Morgan fingerprint density at radius 1 is 1.00 bits per heavy atom. The van der Waals surface area contributed by atoms with Crippen molar-refractivity contribution in [3.05, 3.63) is 53.4 Å². The minimum Gasteiger partial charge on any atom is -0.502 e. The van der Waals surface area contributed by atoms with Gasteiger partial charge in [0.1, 0.15) is 0 Å². The van der Waals surface area contributed by atoms with E-state index in [2.05, 4.69) is 0 Å². The van der Waals surface area contributed by atoms with Gasteiger partial charge in [0.2, 0.25) is 0 Å². The van der Waals surface area contributed by atoms with Crippen LogP contribution >= 0.6 is 11.8 Å². The number of aromatic hydroxyl groups is 1. The molecule has 0 amide bonds. The lowest BCUT2D eigenvalue weighted by molar-refractivity contribution is -0.730. The first kappa shape index (κ1) is 11.5. The van der Waals surface area contributed by atoms with Gasteiger partial charge in [0.05, 0.1) is 4.91 Å². The first-order valence-corrected chi connectivity index (χ1v) is 5.70. The first-order valence-electron chi connectivity index (χ1n) is 4.89. The number of phenolic OH excluding ortho intramolecular Hbond substituents is 1. The molecule has 4 nitrogen and oxygen atoms in total. The lowest BCUT2D eigenvalue weighted by Gasteiger charge is -2.01. The standard InChI is InChI=1S/C12H9NO3S/c14-12-8-10(6-7-11(12)13(15)16)17-9-4-2-1-3-5-9/h1-8H,(H-,14,15,16)/p+1. The number of hydrogen-bond donors (Lipinski definition) is 2. The van der Waals surface area contributed by atoms with Crippen LogP contribution in [0.2, 0.25) is 0 Å². The van der Waals surface area contributed by atoms with Crippen LogP contribution in [0.1, 0.15) is 0 Å². The molecule has 5 heteroatoms. The van der Waals surface area contributed by atoms with Gasteiger partial charge in [-0.25, -0.2) is 5.21 Å². The molecular weight excluding hydrogens is 238 g/mol. The van der Waals surface area contributed by atoms with Crippen molar-refractivity contribution in [3.63, 3.8) is 0 Å². The molecule has 0 aliphatic carbocycles. The summed E-state index contributed by atoms with van der Waals surface area (Å²) >= 11 is 1.46. The quantitative estimate of drug-likeness (QED) is 0.818. The number of rotatable bonds is 3. The molecular formula is C12H10NO3S+. The molecule has 0 atom stereocenters. The number of nitrogens with zero attached hydrogens (tertiary/aromatic N) is 1. The zero-order valence-corrected chi connectivity index (χ0v) is 9.59. The van der Waals surface area contributed by atoms with E-state index in [4.69, 9.17) is 5.21 Å². The summed E-state index contributed by atoms with van der Waals surface area (Å²) in [6, 6.07) is 14.1. The summed E-state index contributed by atoms with van der Waals surface area (Å²) in [5.41, 5.74) is -0.164. The smallest absolute Gasteiger partial charge is 0.357 e. The van der Waals surface area contributed by atoms with E-state index in [0.717, 1.165) is 9.79 Å². The molecule has 0 aliphatic rings. The molecule has 0 aliphatic heterocycles. The van der Waals surface area contributed by atoms with E-state index in [1.807, 2.05) is 30.3 Å². The highest BCUT2D eigenvalue weighted by Gasteiger charge is 2.18. The van der Waals surface area contributed by atoms with E-state index in [1.54, 1.807) is 6.07 Å². The van der Waals surface area contributed by atoms with Crippen molar-refractivity contribution in [1.82, 2.24) is 0 Å². The van der Waals surface area contributed by atoms with Gasteiger partial charge in [-0.15, -0.1) is 0 Å². The Balaban J connectivity index is 2.24. The van der Waals surface area contributed by atoms with Gasteiger partial charge >= 0.3 is 5.69 Å². The Labute approximate surface area is 102 Å². The molecule has 2 aromatic carbocycles. The number of benzene rings is 2. The van der Waals surface area contributed by atoms with Crippen LogP contribution in [0.25, 0.3) is 0 Å². The van der Waals surface area contributed by atoms with Crippen molar-refractivity contribution in [2.45, 2.75) is 9.79 Å².